The van der Waals surface area contributed by atoms with Gasteiger partial charge < -0.3 is 10.1 Å². The van der Waals surface area contributed by atoms with Gasteiger partial charge >= 0.3 is 0 Å². The summed E-state index contributed by atoms with van der Waals surface area (Å²) in [6.07, 6.45) is 4.10. The summed E-state index contributed by atoms with van der Waals surface area (Å²) in [7, 11) is 0. The fourth-order valence-electron chi connectivity index (χ4n) is 3.40. The van der Waals surface area contributed by atoms with Gasteiger partial charge in [0, 0.05) is 17.8 Å². The smallest absolute Gasteiger partial charge is 0.160 e. The van der Waals surface area contributed by atoms with E-state index in [4.69, 9.17) is 4.74 Å². The van der Waals surface area contributed by atoms with Crippen LogP contribution >= 0.6 is 0 Å². The van der Waals surface area contributed by atoms with Gasteiger partial charge in [0.1, 0.15) is 5.75 Å². The van der Waals surface area contributed by atoms with Crippen molar-refractivity contribution in [2.24, 2.45) is 0 Å². The van der Waals surface area contributed by atoms with Crippen LogP contribution in [0.5, 0.6) is 5.75 Å². The van der Waals surface area contributed by atoms with Gasteiger partial charge in [-0.2, -0.15) is 0 Å². The van der Waals surface area contributed by atoms with Crippen LogP contribution in [0, 0.1) is 6.92 Å². The molecule has 3 heterocycles. The van der Waals surface area contributed by atoms with Crippen molar-refractivity contribution in [1.82, 2.24) is 19.9 Å². The molecule has 3 aromatic rings. The number of nitrogens with one attached hydrogen (secondary N) is 1. The maximum absolute atomic E-state index is 5.90. The second kappa shape index (κ2) is 6.24. The van der Waals surface area contributed by atoms with E-state index in [2.05, 4.69) is 47.6 Å². The maximum Gasteiger partial charge on any atom is 0.160 e. The van der Waals surface area contributed by atoms with E-state index in [1.807, 2.05) is 28.8 Å². The van der Waals surface area contributed by atoms with Crippen LogP contribution < -0.4 is 10.1 Å². The first kappa shape index (κ1) is 15.1. The van der Waals surface area contributed by atoms with Crippen LogP contribution in [-0.2, 0) is 0 Å². The van der Waals surface area contributed by atoms with Gasteiger partial charge in [-0.3, -0.25) is 4.40 Å². The van der Waals surface area contributed by atoms with Crippen molar-refractivity contribution in [3.05, 3.63) is 59.5 Å². The van der Waals surface area contributed by atoms with Gasteiger partial charge in [-0.15, -0.1) is 10.2 Å². The summed E-state index contributed by atoms with van der Waals surface area (Å²) < 4.78 is 7.95. The summed E-state index contributed by atoms with van der Waals surface area (Å²) in [5.74, 6) is 1.93. The molecule has 124 valence electrons. The fraction of sp³-hybridized carbons (Fsp3) is 0.368. The van der Waals surface area contributed by atoms with E-state index in [-0.39, 0.29) is 12.1 Å². The van der Waals surface area contributed by atoms with Crippen molar-refractivity contribution >= 4 is 5.65 Å². The molecule has 0 saturated carbocycles. The Bertz CT molecular complexity index is 857. The number of aromatic nitrogens is 3. The molecular weight excluding hydrogens is 300 g/mol. The molecule has 1 aliphatic rings. The highest BCUT2D eigenvalue weighted by Gasteiger charge is 2.23. The highest BCUT2D eigenvalue weighted by Crippen LogP contribution is 2.33. The largest absolute Gasteiger partial charge is 0.493 e. The Morgan fingerprint density at radius 1 is 1.25 bits per heavy atom. The lowest BCUT2D eigenvalue weighted by Gasteiger charge is -2.22. The van der Waals surface area contributed by atoms with Gasteiger partial charge in [0.25, 0.3) is 0 Å². The Hall–Kier alpha value is -2.40. The number of ether oxygens (including phenoxy) is 1. The highest BCUT2D eigenvalue weighted by molar-refractivity contribution is 5.40. The van der Waals surface area contributed by atoms with Gasteiger partial charge in [0.2, 0.25) is 0 Å². The summed E-state index contributed by atoms with van der Waals surface area (Å²) in [6, 6.07) is 12.7. The Balaban J connectivity index is 1.64. The SMILES string of the molecule is Cc1ccc2c(c1)[C@@H](N[C@H](C)c1nnc3ccccn13)CCCO2. The van der Waals surface area contributed by atoms with E-state index < -0.39 is 0 Å². The quantitative estimate of drug-likeness (QED) is 0.800. The minimum atomic E-state index is 0.0962. The van der Waals surface area contributed by atoms with Crippen molar-refractivity contribution in [2.45, 2.75) is 38.8 Å². The van der Waals surface area contributed by atoms with Gasteiger partial charge in [-0.25, -0.2) is 0 Å². The predicted octanol–water partition coefficient (Wildman–Crippen LogP) is 3.60. The molecule has 0 spiro atoms. The molecule has 5 heteroatoms. The first-order valence-electron chi connectivity index (χ1n) is 8.51. The second-order valence-electron chi connectivity index (χ2n) is 6.46. The number of aryl methyl sites for hydroxylation is 1. The number of benzene rings is 1. The third-order valence-electron chi connectivity index (χ3n) is 4.61. The number of rotatable bonds is 3. The number of pyridine rings is 1. The molecule has 1 aromatic carbocycles. The molecule has 0 amide bonds. The maximum atomic E-state index is 5.90. The molecule has 0 fully saturated rings. The third-order valence-corrected chi connectivity index (χ3v) is 4.61. The van der Waals surface area contributed by atoms with E-state index in [9.17, 15) is 0 Å². The Morgan fingerprint density at radius 2 is 2.17 bits per heavy atom. The molecule has 0 saturated heterocycles. The van der Waals surface area contributed by atoms with Crippen molar-refractivity contribution in [3.8, 4) is 5.75 Å². The van der Waals surface area contributed by atoms with Crippen molar-refractivity contribution in [1.29, 1.82) is 0 Å². The van der Waals surface area contributed by atoms with Crippen molar-refractivity contribution < 1.29 is 4.74 Å². The topological polar surface area (TPSA) is 51.5 Å². The number of fused-ring (bicyclic) bond motifs is 2. The van der Waals surface area contributed by atoms with Crippen molar-refractivity contribution in [2.75, 3.05) is 6.61 Å². The van der Waals surface area contributed by atoms with Gasteiger partial charge in [0.05, 0.1) is 12.6 Å². The number of hydrogen-bond acceptors (Lipinski definition) is 4. The Kier molecular flexibility index (Phi) is 3.94. The zero-order chi connectivity index (χ0) is 16.5. The monoisotopic (exact) mass is 322 g/mol. The molecule has 1 aliphatic heterocycles. The second-order valence-corrected chi connectivity index (χ2v) is 6.46. The number of nitrogens with zero attached hydrogens (tertiary/aromatic N) is 3. The summed E-state index contributed by atoms with van der Waals surface area (Å²) in [5, 5.41) is 12.4. The highest BCUT2D eigenvalue weighted by atomic mass is 16.5. The lowest BCUT2D eigenvalue weighted by atomic mass is 9.99. The zero-order valence-corrected chi connectivity index (χ0v) is 14.1. The average Bonchev–Trinajstić information content (AvgIpc) is 2.93. The summed E-state index contributed by atoms with van der Waals surface area (Å²) in [4.78, 5) is 0. The summed E-state index contributed by atoms with van der Waals surface area (Å²) in [6.45, 7) is 5.04. The van der Waals surface area contributed by atoms with E-state index in [1.54, 1.807) is 0 Å². The van der Waals surface area contributed by atoms with Crippen LogP contribution in [0.1, 0.15) is 48.8 Å². The average molecular weight is 322 g/mol. The van der Waals surface area contributed by atoms with Crippen LogP contribution in [0.4, 0.5) is 0 Å². The molecule has 4 rings (SSSR count). The van der Waals surface area contributed by atoms with E-state index in [0.29, 0.717) is 0 Å². The van der Waals surface area contributed by atoms with Gasteiger partial charge in [0.15, 0.2) is 11.5 Å². The molecule has 2 atom stereocenters. The lowest BCUT2D eigenvalue weighted by molar-refractivity contribution is 0.314. The van der Waals surface area contributed by atoms with Gasteiger partial charge in [-0.1, -0.05) is 23.8 Å². The molecule has 5 nitrogen and oxygen atoms in total. The number of hydrogen-bond donors (Lipinski definition) is 1. The minimum Gasteiger partial charge on any atom is -0.493 e. The molecule has 0 radical (unpaired) electrons. The van der Waals surface area contributed by atoms with Gasteiger partial charge in [-0.05, 0) is 44.9 Å². The normalized spacial score (nSPS) is 18.7. The third kappa shape index (κ3) is 2.76. The van der Waals surface area contributed by atoms with E-state index in [0.717, 1.165) is 36.7 Å². The molecule has 0 unspecified atom stereocenters. The van der Waals surface area contributed by atoms with E-state index in [1.165, 1.54) is 11.1 Å². The lowest BCUT2D eigenvalue weighted by Crippen LogP contribution is -2.26. The predicted molar refractivity (Wildman–Crippen MR) is 93.2 cm³/mol. The standard InChI is InChI=1S/C19H22N4O/c1-13-8-9-17-15(12-13)16(6-5-11-24-17)20-14(2)19-22-21-18-7-3-4-10-23(18)19/h3-4,7-10,12,14,16,20H,5-6,11H2,1-2H3/t14-,16+/m1/s1. The molecule has 24 heavy (non-hydrogen) atoms. The molecule has 0 aliphatic carbocycles. The fourth-order valence-corrected chi connectivity index (χ4v) is 3.40. The summed E-state index contributed by atoms with van der Waals surface area (Å²) in [5.41, 5.74) is 3.38. The first-order chi connectivity index (χ1) is 11.7. The Labute approximate surface area is 141 Å². The molecule has 2 aromatic heterocycles. The molecule has 0 bridgehead atoms. The zero-order valence-electron chi connectivity index (χ0n) is 14.1. The Morgan fingerprint density at radius 3 is 3.08 bits per heavy atom. The van der Waals surface area contributed by atoms with Crippen LogP contribution in [-0.4, -0.2) is 21.2 Å². The van der Waals surface area contributed by atoms with E-state index >= 15 is 0 Å². The van der Waals surface area contributed by atoms with Crippen LogP contribution in [0.2, 0.25) is 0 Å². The summed E-state index contributed by atoms with van der Waals surface area (Å²) >= 11 is 0. The molecular formula is C19H22N4O. The minimum absolute atomic E-state index is 0.0962. The first-order valence-corrected chi connectivity index (χ1v) is 8.51. The van der Waals surface area contributed by atoms with Crippen LogP contribution in [0.25, 0.3) is 5.65 Å². The van der Waals surface area contributed by atoms with Crippen molar-refractivity contribution in [3.63, 3.8) is 0 Å². The van der Waals surface area contributed by atoms with Crippen LogP contribution in [0.3, 0.4) is 0 Å². The van der Waals surface area contributed by atoms with Crippen LogP contribution in [0.15, 0.2) is 42.6 Å². The molecule has 1 N–H and O–H groups in total.